The summed E-state index contributed by atoms with van der Waals surface area (Å²) in [6.45, 7) is 0.620. The minimum Gasteiger partial charge on any atom is -0.474 e. The Bertz CT molecular complexity index is 1510. The molecule has 1 aliphatic heterocycles. The van der Waals surface area contributed by atoms with Crippen LogP contribution >= 0.6 is 0 Å². The molecule has 2 heterocycles. The number of hydrogen-bond acceptors (Lipinski definition) is 6. The van der Waals surface area contributed by atoms with Gasteiger partial charge in [-0.3, -0.25) is 14.4 Å². The minimum absolute atomic E-state index is 0.0816. The van der Waals surface area contributed by atoms with Gasteiger partial charge in [0.05, 0.1) is 22.7 Å². The van der Waals surface area contributed by atoms with E-state index in [0.29, 0.717) is 37.5 Å². The van der Waals surface area contributed by atoms with Crippen LogP contribution in [0.3, 0.4) is 0 Å². The number of rotatable bonds is 4. The van der Waals surface area contributed by atoms with Crippen molar-refractivity contribution in [2.24, 2.45) is 23.5 Å². The number of benzene rings is 2. The van der Waals surface area contributed by atoms with Crippen LogP contribution in [-0.2, 0) is 14.4 Å². The smallest absolute Gasteiger partial charge is 0.243 e. The molecular formula is C32H35N5O4. The number of aromatic nitrogens is 2. The summed E-state index contributed by atoms with van der Waals surface area (Å²) >= 11 is 0. The predicted octanol–water partition coefficient (Wildman–Crippen LogP) is 3.63. The number of fused-ring (bicyclic) bond motifs is 3. The maximum Gasteiger partial charge on any atom is 0.243 e. The van der Waals surface area contributed by atoms with E-state index in [-0.39, 0.29) is 17.7 Å². The third kappa shape index (κ3) is 5.28. The number of hydrogen-bond donors (Lipinski definition) is 2. The zero-order valence-electron chi connectivity index (χ0n) is 23.2. The van der Waals surface area contributed by atoms with E-state index in [1.54, 1.807) is 11.9 Å². The van der Waals surface area contributed by atoms with Crippen molar-refractivity contribution in [1.29, 1.82) is 0 Å². The first-order valence-corrected chi connectivity index (χ1v) is 14.4. The Labute approximate surface area is 239 Å². The maximum atomic E-state index is 13.7. The van der Waals surface area contributed by atoms with E-state index in [2.05, 4.69) is 5.32 Å². The van der Waals surface area contributed by atoms with Crippen LogP contribution in [-0.4, -0.2) is 57.8 Å². The molecule has 3 aliphatic rings. The van der Waals surface area contributed by atoms with Crippen molar-refractivity contribution in [1.82, 2.24) is 20.2 Å². The first kappa shape index (κ1) is 26.9. The fourth-order valence-electron chi connectivity index (χ4n) is 6.25. The zero-order valence-corrected chi connectivity index (χ0v) is 23.2. The molecular weight excluding hydrogens is 518 g/mol. The highest BCUT2D eigenvalue weighted by atomic mass is 16.5. The van der Waals surface area contributed by atoms with E-state index in [4.69, 9.17) is 20.4 Å². The lowest BCUT2D eigenvalue weighted by Gasteiger charge is -2.26. The molecule has 0 bridgehead atoms. The first-order valence-electron chi connectivity index (χ1n) is 14.4. The van der Waals surface area contributed by atoms with Crippen LogP contribution in [0, 0.1) is 17.8 Å². The molecule has 9 heteroatoms. The van der Waals surface area contributed by atoms with Crippen LogP contribution in [0.25, 0.3) is 22.3 Å². The number of amides is 3. The summed E-state index contributed by atoms with van der Waals surface area (Å²) < 4.78 is 6.51. The average molecular weight is 554 g/mol. The largest absolute Gasteiger partial charge is 0.474 e. The molecule has 41 heavy (non-hydrogen) atoms. The molecule has 0 radical (unpaired) electrons. The molecule has 3 amide bonds. The van der Waals surface area contributed by atoms with Crippen molar-refractivity contribution in [2.75, 3.05) is 13.6 Å². The van der Waals surface area contributed by atoms with Crippen LogP contribution in [0.15, 0.2) is 66.7 Å². The summed E-state index contributed by atoms with van der Waals surface area (Å²) in [7, 11) is 1.79. The first-order chi connectivity index (χ1) is 19.9. The van der Waals surface area contributed by atoms with Crippen molar-refractivity contribution >= 4 is 28.6 Å². The van der Waals surface area contributed by atoms with Crippen molar-refractivity contribution in [3.63, 3.8) is 0 Å². The molecule has 2 saturated carbocycles. The van der Waals surface area contributed by atoms with Crippen molar-refractivity contribution in [2.45, 2.75) is 50.2 Å². The number of nitrogens with zero attached hydrogens (tertiary/aromatic N) is 3. The van der Waals surface area contributed by atoms with Crippen LogP contribution < -0.4 is 15.8 Å². The summed E-state index contributed by atoms with van der Waals surface area (Å²) in [5, 5.41) is 3.72. The van der Waals surface area contributed by atoms with Crippen LogP contribution in [0.2, 0.25) is 0 Å². The molecule has 0 spiro atoms. The molecule has 2 aliphatic carbocycles. The van der Waals surface area contributed by atoms with Crippen molar-refractivity contribution in [3.05, 3.63) is 66.7 Å². The molecule has 9 nitrogen and oxygen atoms in total. The Morgan fingerprint density at radius 3 is 2.59 bits per heavy atom. The number of allylic oxidation sites excluding steroid dienone is 1. The van der Waals surface area contributed by atoms with Gasteiger partial charge in [-0.05, 0) is 50.7 Å². The second-order valence-electron chi connectivity index (χ2n) is 11.5. The lowest BCUT2D eigenvalue weighted by atomic mass is 9.93. The lowest BCUT2D eigenvalue weighted by molar-refractivity contribution is -0.140. The van der Waals surface area contributed by atoms with E-state index in [1.165, 1.54) is 0 Å². The molecule has 2 aromatic carbocycles. The zero-order chi connectivity index (χ0) is 28.6. The van der Waals surface area contributed by atoms with Gasteiger partial charge in [-0.25, -0.2) is 4.98 Å². The molecule has 5 atom stereocenters. The van der Waals surface area contributed by atoms with Gasteiger partial charge in [-0.15, -0.1) is 0 Å². The van der Waals surface area contributed by atoms with E-state index in [0.717, 1.165) is 35.7 Å². The molecule has 6 rings (SSSR count). The quantitative estimate of drug-likeness (QED) is 0.475. The third-order valence-corrected chi connectivity index (χ3v) is 8.71. The average Bonchev–Trinajstić information content (AvgIpc) is 3.52. The minimum atomic E-state index is -1.09. The second kappa shape index (κ2) is 11.0. The van der Waals surface area contributed by atoms with Gasteiger partial charge < -0.3 is 20.7 Å². The van der Waals surface area contributed by atoms with Gasteiger partial charge in [0.15, 0.2) is 5.82 Å². The Balaban J connectivity index is 1.31. The van der Waals surface area contributed by atoms with Gasteiger partial charge in [0.1, 0.15) is 11.6 Å². The summed E-state index contributed by atoms with van der Waals surface area (Å²) in [6.07, 6.45) is 7.42. The number of nitrogens with one attached hydrogen (secondary N) is 1. The topological polar surface area (TPSA) is 128 Å². The molecule has 3 N–H and O–H groups in total. The van der Waals surface area contributed by atoms with Crippen LogP contribution in [0.1, 0.15) is 38.5 Å². The van der Waals surface area contributed by atoms with Gasteiger partial charge in [0.2, 0.25) is 23.6 Å². The van der Waals surface area contributed by atoms with E-state index in [1.807, 2.05) is 66.7 Å². The number of para-hydroxylation sites is 1. The number of nitrogens with two attached hydrogens (primary N) is 1. The second-order valence-corrected chi connectivity index (χ2v) is 11.5. The van der Waals surface area contributed by atoms with Gasteiger partial charge in [-0.1, -0.05) is 54.6 Å². The maximum absolute atomic E-state index is 13.7. The lowest BCUT2D eigenvalue weighted by Crippen LogP contribution is -2.51. The highest BCUT2D eigenvalue weighted by molar-refractivity contribution is 5.96. The number of carbonyl (C=O) groups excluding carboxylic acids is 3. The number of primary amides is 1. The predicted molar refractivity (Wildman–Crippen MR) is 154 cm³/mol. The SMILES string of the molecule is CN1CCCCC=CC2CC2(C(N)=O)NC(=O)C2CC(Oc3nc(-c4ccccc4)nc4ccccc34)CC2C1=O. The molecule has 212 valence electrons. The Morgan fingerprint density at radius 1 is 1.02 bits per heavy atom. The normalized spacial score (nSPS) is 28.4. The van der Waals surface area contributed by atoms with Gasteiger partial charge in [-0.2, -0.15) is 4.98 Å². The fraction of sp³-hybridized carbons (Fsp3) is 0.406. The molecule has 3 aromatic rings. The van der Waals surface area contributed by atoms with E-state index >= 15 is 0 Å². The fourth-order valence-corrected chi connectivity index (χ4v) is 6.25. The summed E-state index contributed by atoms with van der Waals surface area (Å²) in [6, 6.07) is 17.3. The third-order valence-electron chi connectivity index (χ3n) is 8.71. The van der Waals surface area contributed by atoms with Crippen molar-refractivity contribution < 1.29 is 19.1 Å². The number of carbonyl (C=O) groups is 3. The van der Waals surface area contributed by atoms with Gasteiger partial charge in [0.25, 0.3) is 0 Å². The van der Waals surface area contributed by atoms with E-state index < -0.39 is 29.4 Å². The van der Waals surface area contributed by atoms with Crippen LogP contribution in [0.5, 0.6) is 5.88 Å². The molecule has 2 fully saturated rings. The van der Waals surface area contributed by atoms with Gasteiger partial charge in [0, 0.05) is 25.1 Å². The monoisotopic (exact) mass is 553 g/mol. The van der Waals surface area contributed by atoms with Gasteiger partial charge >= 0.3 is 0 Å². The Morgan fingerprint density at radius 2 is 1.78 bits per heavy atom. The summed E-state index contributed by atoms with van der Waals surface area (Å²) in [5.74, 6) is -1.34. The highest BCUT2D eigenvalue weighted by Gasteiger charge is 2.60. The van der Waals surface area contributed by atoms with E-state index in [9.17, 15) is 14.4 Å². The molecule has 5 unspecified atom stereocenters. The Kier molecular flexibility index (Phi) is 7.19. The molecule has 1 aromatic heterocycles. The summed E-state index contributed by atoms with van der Waals surface area (Å²) in [5.41, 5.74) is 6.29. The summed E-state index contributed by atoms with van der Waals surface area (Å²) in [4.78, 5) is 51.1. The highest BCUT2D eigenvalue weighted by Crippen LogP contribution is 2.46. The molecule has 0 saturated heterocycles. The van der Waals surface area contributed by atoms with Crippen molar-refractivity contribution in [3.8, 4) is 17.3 Å². The number of ether oxygens (including phenoxy) is 1. The van der Waals surface area contributed by atoms with Crippen LogP contribution in [0.4, 0.5) is 0 Å². The standard InChI is InChI=1S/C32H35N5O4/c1-37-16-10-3-2-7-13-21-19-32(21,31(33)40)36-28(38)24-17-22(18-25(24)30(37)39)41-29-23-14-8-9-15-26(23)34-27(35-29)20-11-5-4-6-12-20/h4-9,11-15,21-22,24-25H,2-3,10,16-19H2,1H3,(H2,33,40)(H,36,38). The Hall–Kier alpha value is -4.27.